The lowest BCUT2D eigenvalue weighted by molar-refractivity contribution is -0.117. The summed E-state index contributed by atoms with van der Waals surface area (Å²) in [6.45, 7) is 1.20. The van der Waals surface area contributed by atoms with E-state index in [1.54, 1.807) is 0 Å². The smallest absolute Gasteiger partial charge is 0.307 e. The highest BCUT2D eigenvalue weighted by molar-refractivity contribution is 7.87. The molecule has 7 nitrogen and oxygen atoms in total. The van der Waals surface area contributed by atoms with Crippen LogP contribution in [0.5, 0.6) is 0 Å². The Labute approximate surface area is 102 Å². The van der Waals surface area contributed by atoms with Crippen LogP contribution < -0.4 is 10.5 Å². The molecule has 18 heavy (non-hydrogen) atoms. The van der Waals surface area contributed by atoms with Gasteiger partial charge in [0.15, 0.2) is 0 Å². The van der Waals surface area contributed by atoms with E-state index in [2.05, 4.69) is 9.97 Å². The number of H-pyrrole nitrogens is 1. The molecule has 1 fully saturated rings. The molecule has 0 saturated carbocycles. The molecule has 1 saturated heterocycles. The summed E-state index contributed by atoms with van der Waals surface area (Å²) in [5.41, 5.74) is -0.461. The van der Waals surface area contributed by atoms with Gasteiger partial charge >= 0.3 is 10.2 Å². The molecule has 2 heterocycles. The van der Waals surface area contributed by atoms with Gasteiger partial charge < -0.3 is 4.98 Å². The highest BCUT2D eigenvalue weighted by Crippen LogP contribution is 2.23. The van der Waals surface area contributed by atoms with Crippen molar-refractivity contribution in [2.24, 2.45) is 0 Å². The number of hydrogen-bond acceptors (Lipinski definition) is 5. The normalized spacial score (nSPS) is 20.4. The standard InChI is InChI=1S/C9H10FN3O4S/c1-5-11-7(3-8(14)12-5)13-4-6(2-9(13)15)18(10,16)17/h3,6H,2,4H2,1H3,(H,11,12,14). The molecule has 9 heteroatoms. The van der Waals surface area contributed by atoms with E-state index in [9.17, 15) is 21.9 Å². The van der Waals surface area contributed by atoms with Crippen molar-refractivity contribution in [3.63, 3.8) is 0 Å². The van der Waals surface area contributed by atoms with Gasteiger partial charge in [0.1, 0.15) is 16.9 Å². The largest absolute Gasteiger partial charge is 0.311 e. The zero-order valence-corrected chi connectivity index (χ0v) is 10.2. The average molecular weight is 275 g/mol. The highest BCUT2D eigenvalue weighted by Gasteiger charge is 2.39. The Kier molecular flexibility index (Phi) is 2.93. The molecule has 1 amide bonds. The van der Waals surface area contributed by atoms with Crippen molar-refractivity contribution >= 4 is 21.9 Å². The van der Waals surface area contributed by atoms with E-state index < -0.39 is 33.4 Å². The second kappa shape index (κ2) is 4.16. The molecule has 2 rings (SSSR count). The summed E-state index contributed by atoms with van der Waals surface area (Å²) < 4.78 is 34.3. The molecule has 0 bridgehead atoms. The number of nitrogens with zero attached hydrogens (tertiary/aromatic N) is 2. The molecule has 0 aromatic carbocycles. The quantitative estimate of drug-likeness (QED) is 0.732. The molecule has 1 aliphatic heterocycles. The van der Waals surface area contributed by atoms with Crippen LogP contribution in [0.15, 0.2) is 10.9 Å². The van der Waals surface area contributed by atoms with Gasteiger partial charge in [-0.15, -0.1) is 3.89 Å². The first-order valence-electron chi connectivity index (χ1n) is 5.09. The summed E-state index contributed by atoms with van der Waals surface area (Å²) in [5, 5.41) is -1.40. The maximum Gasteiger partial charge on any atom is 0.307 e. The van der Waals surface area contributed by atoms with Gasteiger partial charge in [-0.25, -0.2) is 4.98 Å². The van der Waals surface area contributed by atoms with Gasteiger partial charge in [-0.2, -0.15) is 8.42 Å². The zero-order chi connectivity index (χ0) is 13.5. The summed E-state index contributed by atoms with van der Waals surface area (Å²) >= 11 is 0. The molecule has 1 aromatic heterocycles. The van der Waals surface area contributed by atoms with Crippen molar-refractivity contribution in [1.82, 2.24) is 9.97 Å². The Morgan fingerprint density at radius 1 is 1.50 bits per heavy atom. The average Bonchev–Trinajstić information content (AvgIpc) is 2.58. The number of anilines is 1. The molecule has 98 valence electrons. The van der Waals surface area contributed by atoms with Crippen LogP contribution in [0, 0.1) is 6.92 Å². The first-order valence-corrected chi connectivity index (χ1v) is 6.54. The molecule has 0 spiro atoms. The van der Waals surface area contributed by atoms with Crippen LogP contribution in [0.1, 0.15) is 12.2 Å². The summed E-state index contributed by atoms with van der Waals surface area (Å²) in [6, 6.07) is 1.07. The van der Waals surface area contributed by atoms with Gasteiger partial charge in [0.2, 0.25) is 5.91 Å². The minimum absolute atomic E-state index is 0.0346. The maximum absolute atomic E-state index is 12.8. The molecule has 1 aromatic rings. The number of aromatic amines is 1. The molecule has 0 aliphatic carbocycles. The number of halogens is 1. The van der Waals surface area contributed by atoms with E-state index >= 15 is 0 Å². The van der Waals surface area contributed by atoms with Crippen molar-refractivity contribution in [2.75, 3.05) is 11.4 Å². The van der Waals surface area contributed by atoms with E-state index in [0.717, 1.165) is 11.0 Å². The lowest BCUT2D eigenvalue weighted by atomic mass is 10.4. The Balaban J connectivity index is 2.35. The lowest BCUT2D eigenvalue weighted by Gasteiger charge is -2.14. The maximum atomic E-state index is 12.8. The number of aromatic nitrogens is 2. The lowest BCUT2D eigenvalue weighted by Crippen LogP contribution is -2.29. The minimum Gasteiger partial charge on any atom is -0.311 e. The first kappa shape index (κ1) is 12.7. The van der Waals surface area contributed by atoms with E-state index in [0.29, 0.717) is 0 Å². The van der Waals surface area contributed by atoms with Crippen molar-refractivity contribution < 1.29 is 17.1 Å². The van der Waals surface area contributed by atoms with Crippen LogP contribution in [0.25, 0.3) is 0 Å². The van der Waals surface area contributed by atoms with E-state index in [1.165, 1.54) is 6.92 Å². The van der Waals surface area contributed by atoms with E-state index in [4.69, 9.17) is 0 Å². The number of aryl methyl sites for hydroxylation is 1. The predicted octanol–water partition coefficient (Wildman–Crippen LogP) is -0.517. The molecule has 1 unspecified atom stereocenters. The second-order valence-corrected chi connectivity index (χ2v) is 5.61. The Morgan fingerprint density at radius 2 is 2.17 bits per heavy atom. The van der Waals surface area contributed by atoms with Gasteiger partial charge in [0.25, 0.3) is 5.56 Å². The number of carbonyl (C=O) groups is 1. The van der Waals surface area contributed by atoms with Gasteiger partial charge in [-0.05, 0) is 6.92 Å². The predicted molar refractivity (Wildman–Crippen MR) is 60.4 cm³/mol. The van der Waals surface area contributed by atoms with Crippen LogP contribution >= 0.6 is 0 Å². The number of amides is 1. The summed E-state index contributed by atoms with van der Waals surface area (Å²) in [5.74, 6) is -0.247. The molecule has 1 aliphatic rings. The molecular formula is C9H10FN3O4S. The summed E-state index contributed by atoms with van der Waals surface area (Å²) in [6.07, 6.45) is -0.438. The Bertz CT molecular complexity index is 654. The highest BCUT2D eigenvalue weighted by atomic mass is 32.3. The van der Waals surface area contributed by atoms with E-state index in [1.807, 2.05) is 0 Å². The minimum atomic E-state index is -4.77. The fraction of sp³-hybridized carbons (Fsp3) is 0.444. The summed E-state index contributed by atoms with van der Waals surface area (Å²) in [4.78, 5) is 30.1. The fourth-order valence-electron chi connectivity index (χ4n) is 1.79. The van der Waals surface area contributed by atoms with Crippen LogP contribution in [-0.4, -0.2) is 36.1 Å². The third-order valence-electron chi connectivity index (χ3n) is 2.61. The Morgan fingerprint density at radius 3 is 2.67 bits per heavy atom. The summed E-state index contributed by atoms with van der Waals surface area (Å²) in [7, 11) is -4.77. The van der Waals surface area contributed by atoms with Crippen molar-refractivity contribution in [3.8, 4) is 0 Å². The third kappa shape index (κ3) is 2.40. The van der Waals surface area contributed by atoms with Crippen LogP contribution in [0.2, 0.25) is 0 Å². The fourth-order valence-corrected chi connectivity index (χ4v) is 2.46. The topological polar surface area (TPSA) is 100 Å². The van der Waals surface area contributed by atoms with Gasteiger partial charge in [-0.1, -0.05) is 0 Å². The number of hydrogen-bond donors (Lipinski definition) is 1. The third-order valence-corrected chi connectivity index (χ3v) is 3.72. The Hall–Kier alpha value is -1.77. The van der Waals surface area contributed by atoms with Gasteiger partial charge in [0, 0.05) is 19.0 Å². The molecule has 1 N–H and O–H groups in total. The van der Waals surface area contributed by atoms with Gasteiger partial charge in [0.05, 0.1) is 0 Å². The zero-order valence-electron chi connectivity index (χ0n) is 9.38. The van der Waals surface area contributed by atoms with Crippen molar-refractivity contribution in [1.29, 1.82) is 0 Å². The number of nitrogens with one attached hydrogen (secondary N) is 1. The van der Waals surface area contributed by atoms with Crippen molar-refractivity contribution in [2.45, 2.75) is 18.6 Å². The van der Waals surface area contributed by atoms with E-state index in [-0.39, 0.29) is 18.2 Å². The second-order valence-electron chi connectivity index (χ2n) is 4.00. The SMILES string of the molecule is Cc1nc(N2CC(S(=O)(=O)F)CC2=O)cc(=O)[nH]1. The first-order chi connectivity index (χ1) is 8.27. The van der Waals surface area contributed by atoms with Crippen molar-refractivity contribution in [3.05, 3.63) is 22.2 Å². The van der Waals surface area contributed by atoms with Crippen LogP contribution in [0.4, 0.5) is 9.70 Å². The monoisotopic (exact) mass is 275 g/mol. The number of rotatable bonds is 2. The molecule has 1 atom stereocenters. The van der Waals surface area contributed by atoms with Crippen LogP contribution in [-0.2, 0) is 15.0 Å². The van der Waals surface area contributed by atoms with Crippen LogP contribution in [0.3, 0.4) is 0 Å². The number of carbonyl (C=O) groups excluding carboxylic acids is 1. The molecular weight excluding hydrogens is 265 g/mol. The van der Waals surface area contributed by atoms with Gasteiger partial charge in [-0.3, -0.25) is 14.5 Å². The molecule has 0 radical (unpaired) electrons.